The van der Waals surface area contributed by atoms with Crippen LogP contribution in [0.15, 0.2) is 18.2 Å². The predicted molar refractivity (Wildman–Crippen MR) is 83.0 cm³/mol. The first-order valence-corrected chi connectivity index (χ1v) is 6.77. The normalized spacial score (nSPS) is 10.9. The molecule has 0 fully saturated rings. The Hall–Kier alpha value is -1.88. The zero-order chi connectivity index (χ0) is 14.9. The monoisotopic (exact) mass is 294 g/mol. The smallest absolute Gasteiger partial charge is 0.152 e. The molecule has 0 aliphatic rings. The van der Waals surface area contributed by atoms with E-state index in [-0.39, 0.29) is 6.04 Å². The van der Waals surface area contributed by atoms with E-state index in [0.29, 0.717) is 16.5 Å². The molecule has 0 radical (unpaired) electrons. The average molecular weight is 295 g/mol. The van der Waals surface area contributed by atoms with E-state index in [0.717, 1.165) is 17.2 Å². The molecule has 0 aliphatic heterocycles. The van der Waals surface area contributed by atoms with Gasteiger partial charge in [-0.3, -0.25) is 0 Å². The summed E-state index contributed by atoms with van der Waals surface area (Å²) < 4.78 is 7.08. The first-order valence-electron chi connectivity index (χ1n) is 6.39. The van der Waals surface area contributed by atoms with Crippen molar-refractivity contribution in [2.75, 3.05) is 18.2 Å². The number of rotatable bonds is 4. The standard InChI is InChI=1S/C14H19ClN4O/c1-8(2)19-14(13(16)9(3)18-19)17-10-5-6-11(15)12(7-10)20-4/h5-8,17H,16H2,1-4H3. The van der Waals surface area contributed by atoms with Crippen molar-refractivity contribution in [3.05, 3.63) is 28.9 Å². The van der Waals surface area contributed by atoms with Crippen LogP contribution >= 0.6 is 11.6 Å². The number of aryl methyl sites for hydroxylation is 1. The van der Waals surface area contributed by atoms with E-state index in [1.54, 1.807) is 13.2 Å². The van der Waals surface area contributed by atoms with E-state index >= 15 is 0 Å². The Morgan fingerprint density at radius 3 is 2.70 bits per heavy atom. The van der Waals surface area contributed by atoms with Crippen molar-refractivity contribution in [3.8, 4) is 5.75 Å². The van der Waals surface area contributed by atoms with Crippen LogP contribution < -0.4 is 15.8 Å². The minimum absolute atomic E-state index is 0.211. The molecule has 108 valence electrons. The lowest BCUT2D eigenvalue weighted by Crippen LogP contribution is -2.08. The summed E-state index contributed by atoms with van der Waals surface area (Å²) in [6.45, 7) is 6.00. The third-order valence-electron chi connectivity index (χ3n) is 3.03. The molecule has 1 aromatic heterocycles. The second kappa shape index (κ2) is 5.63. The fourth-order valence-electron chi connectivity index (χ4n) is 1.93. The molecule has 0 saturated heterocycles. The summed E-state index contributed by atoms with van der Waals surface area (Å²) in [5.41, 5.74) is 8.39. The van der Waals surface area contributed by atoms with Crippen molar-refractivity contribution < 1.29 is 4.74 Å². The Bertz CT molecular complexity index is 622. The molecule has 1 heterocycles. The lowest BCUT2D eigenvalue weighted by molar-refractivity contribution is 0.415. The number of halogens is 1. The van der Waals surface area contributed by atoms with Crippen LogP contribution in [0.2, 0.25) is 5.02 Å². The van der Waals surface area contributed by atoms with E-state index in [2.05, 4.69) is 24.3 Å². The number of aromatic nitrogens is 2. The number of benzene rings is 1. The van der Waals surface area contributed by atoms with Crippen molar-refractivity contribution in [1.82, 2.24) is 9.78 Å². The van der Waals surface area contributed by atoms with Crippen molar-refractivity contribution in [2.24, 2.45) is 0 Å². The van der Waals surface area contributed by atoms with E-state index in [1.807, 2.05) is 23.7 Å². The molecule has 2 rings (SSSR count). The van der Waals surface area contributed by atoms with Crippen LogP contribution in [0, 0.1) is 6.92 Å². The second-order valence-electron chi connectivity index (χ2n) is 4.86. The number of nitrogens with zero attached hydrogens (tertiary/aromatic N) is 2. The lowest BCUT2D eigenvalue weighted by atomic mass is 10.3. The molecule has 0 aliphatic carbocycles. The van der Waals surface area contributed by atoms with Gasteiger partial charge in [-0.25, -0.2) is 4.68 Å². The fourth-order valence-corrected chi connectivity index (χ4v) is 2.13. The first-order chi connectivity index (χ1) is 9.43. The van der Waals surface area contributed by atoms with Gasteiger partial charge >= 0.3 is 0 Å². The Kier molecular flexibility index (Phi) is 4.09. The highest BCUT2D eigenvalue weighted by Crippen LogP contribution is 2.32. The quantitative estimate of drug-likeness (QED) is 0.901. The highest BCUT2D eigenvalue weighted by Gasteiger charge is 2.15. The lowest BCUT2D eigenvalue weighted by Gasteiger charge is -2.14. The van der Waals surface area contributed by atoms with E-state index in [9.17, 15) is 0 Å². The van der Waals surface area contributed by atoms with Gasteiger partial charge < -0.3 is 15.8 Å². The van der Waals surface area contributed by atoms with Crippen LogP contribution in [0.5, 0.6) is 5.75 Å². The number of nitrogen functional groups attached to an aromatic ring is 1. The number of hydrogen-bond donors (Lipinski definition) is 2. The summed E-state index contributed by atoms with van der Waals surface area (Å²) >= 11 is 6.02. The molecule has 20 heavy (non-hydrogen) atoms. The Labute approximate surface area is 123 Å². The molecule has 0 saturated carbocycles. The topological polar surface area (TPSA) is 65.1 Å². The van der Waals surface area contributed by atoms with Gasteiger partial charge in [-0.2, -0.15) is 5.10 Å². The molecular formula is C14H19ClN4O. The summed E-state index contributed by atoms with van der Waals surface area (Å²) in [5.74, 6) is 1.39. The van der Waals surface area contributed by atoms with E-state index in [4.69, 9.17) is 22.1 Å². The largest absolute Gasteiger partial charge is 0.495 e. The van der Waals surface area contributed by atoms with Gasteiger partial charge in [0.2, 0.25) is 0 Å². The van der Waals surface area contributed by atoms with Gasteiger partial charge in [0.15, 0.2) is 5.82 Å². The molecule has 2 aromatic rings. The summed E-state index contributed by atoms with van der Waals surface area (Å²) in [5, 5.41) is 8.29. The van der Waals surface area contributed by atoms with Gasteiger partial charge in [-0.1, -0.05) is 11.6 Å². The Morgan fingerprint density at radius 1 is 1.40 bits per heavy atom. The maximum absolute atomic E-state index is 6.09. The van der Waals surface area contributed by atoms with E-state index < -0.39 is 0 Å². The van der Waals surface area contributed by atoms with Gasteiger partial charge in [0.05, 0.1) is 23.5 Å². The summed E-state index contributed by atoms with van der Waals surface area (Å²) in [7, 11) is 1.59. The SMILES string of the molecule is COc1cc(Nc2c(N)c(C)nn2C(C)C)ccc1Cl. The van der Waals surface area contributed by atoms with Crippen molar-refractivity contribution >= 4 is 28.8 Å². The van der Waals surface area contributed by atoms with Crippen LogP contribution in [0.25, 0.3) is 0 Å². The molecule has 0 amide bonds. The minimum Gasteiger partial charge on any atom is -0.495 e. The number of nitrogens with one attached hydrogen (secondary N) is 1. The molecule has 0 bridgehead atoms. The molecule has 3 N–H and O–H groups in total. The molecule has 0 atom stereocenters. The number of hydrogen-bond acceptors (Lipinski definition) is 4. The minimum atomic E-state index is 0.211. The highest BCUT2D eigenvalue weighted by atomic mass is 35.5. The first kappa shape index (κ1) is 14.5. The number of methoxy groups -OCH3 is 1. The number of ether oxygens (including phenoxy) is 1. The summed E-state index contributed by atoms with van der Waals surface area (Å²) in [4.78, 5) is 0. The van der Waals surface area contributed by atoms with Crippen LogP contribution in [0.4, 0.5) is 17.2 Å². The number of anilines is 3. The van der Waals surface area contributed by atoms with Gasteiger partial charge in [-0.05, 0) is 32.9 Å². The van der Waals surface area contributed by atoms with Crippen LogP contribution in [0.1, 0.15) is 25.6 Å². The molecule has 0 spiro atoms. The van der Waals surface area contributed by atoms with Crippen molar-refractivity contribution in [2.45, 2.75) is 26.8 Å². The molecule has 5 nitrogen and oxygen atoms in total. The third kappa shape index (κ3) is 2.67. The zero-order valence-corrected chi connectivity index (χ0v) is 12.8. The second-order valence-corrected chi connectivity index (χ2v) is 5.27. The Morgan fingerprint density at radius 2 is 2.10 bits per heavy atom. The highest BCUT2D eigenvalue weighted by molar-refractivity contribution is 6.32. The summed E-state index contributed by atoms with van der Waals surface area (Å²) in [6, 6.07) is 5.69. The maximum Gasteiger partial charge on any atom is 0.152 e. The third-order valence-corrected chi connectivity index (χ3v) is 3.35. The summed E-state index contributed by atoms with van der Waals surface area (Å²) in [6.07, 6.45) is 0. The maximum atomic E-state index is 6.09. The van der Waals surface area contributed by atoms with Crippen molar-refractivity contribution in [1.29, 1.82) is 0 Å². The van der Waals surface area contributed by atoms with Gasteiger partial charge in [0.25, 0.3) is 0 Å². The van der Waals surface area contributed by atoms with Crippen molar-refractivity contribution in [3.63, 3.8) is 0 Å². The van der Waals surface area contributed by atoms with Gasteiger partial charge in [0, 0.05) is 17.8 Å². The molecule has 1 aromatic carbocycles. The van der Waals surface area contributed by atoms with Gasteiger partial charge in [-0.15, -0.1) is 0 Å². The van der Waals surface area contributed by atoms with Crippen LogP contribution in [-0.2, 0) is 0 Å². The fraction of sp³-hybridized carbons (Fsp3) is 0.357. The molecule has 6 heteroatoms. The molecular weight excluding hydrogens is 276 g/mol. The average Bonchev–Trinajstić information content (AvgIpc) is 2.69. The van der Waals surface area contributed by atoms with Crippen LogP contribution in [0.3, 0.4) is 0 Å². The number of nitrogens with two attached hydrogens (primary N) is 1. The van der Waals surface area contributed by atoms with Crippen LogP contribution in [-0.4, -0.2) is 16.9 Å². The predicted octanol–water partition coefficient (Wildman–Crippen LogP) is 3.76. The van der Waals surface area contributed by atoms with E-state index in [1.165, 1.54) is 0 Å². The molecule has 0 unspecified atom stereocenters. The van der Waals surface area contributed by atoms with Gasteiger partial charge in [0.1, 0.15) is 5.75 Å². The zero-order valence-electron chi connectivity index (χ0n) is 12.1. The Balaban J connectivity index is 2.39.